The molecule has 2 aromatic rings. The second-order valence-corrected chi connectivity index (χ2v) is 4.79. The molecule has 1 unspecified atom stereocenters. The first-order chi connectivity index (χ1) is 9.63. The topological polar surface area (TPSA) is 69.8 Å². The Morgan fingerprint density at radius 2 is 2.24 bits per heavy atom. The molecule has 1 fully saturated rings. The fourth-order valence-corrected chi connectivity index (χ4v) is 2.35. The van der Waals surface area contributed by atoms with Gasteiger partial charge in [-0.15, -0.1) is 12.4 Å². The van der Waals surface area contributed by atoms with E-state index < -0.39 is 6.43 Å². The summed E-state index contributed by atoms with van der Waals surface area (Å²) in [7, 11) is 0. The number of nitrogens with zero attached hydrogens (tertiary/aromatic N) is 1. The van der Waals surface area contributed by atoms with Crippen LogP contribution in [-0.2, 0) is 4.79 Å². The van der Waals surface area contributed by atoms with Gasteiger partial charge in [0.15, 0.2) is 5.82 Å². The van der Waals surface area contributed by atoms with E-state index >= 15 is 0 Å². The number of H-pyrrole nitrogens is 1. The number of anilines is 1. The van der Waals surface area contributed by atoms with Crippen LogP contribution in [0.1, 0.15) is 25.1 Å². The van der Waals surface area contributed by atoms with Crippen molar-refractivity contribution in [1.29, 1.82) is 0 Å². The zero-order valence-electron chi connectivity index (χ0n) is 11.0. The summed E-state index contributed by atoms with van der Waals surface area (Å²) >= 11 is 0. The molecule has 1 aromatic heterocycles. The van der Waals surface area contributed by atoms with Gasteiger partial charge >= 0.3 is 0 Å². The number of rotatable bonds is 3. The lowest BCUT2D eigenvalue weighted by molar-refractivity contribution is -0.117. The van der Waals surface area contributed by atoms with Gasteiger partial charge < -0.3 is 15.6 Å². The van der Waals surface area contributed by atoms with Crippen molar-refractivity contribution in [3.05, 3.63) is 24.0 Å². The monoisotopic (exact) mass is 316 g/mol. The summed E-state index contributed by atoms with van der Waals surface area (Å²) in [5.74, 6) is -0.462. The number of aromatic nitrogens is 2. The number of halogens is 3. The lowest BCUT2D eigenvalue weighted by Gasteiger charge is -2.10. The van der Waals surface area contributed by atoms with Crippen molar-refractivity contribution in [2.24, 2.45) is 0 Å². The predicted octanol–water partition coefficient (Wildman–Crippen LogP) is 2.61. The molecular formula is C13H15ClF2N4O. The van der Waals surface area contributed by atoms with Gasteiger partial charge in [0, 0.05) is 5.69 Å². The summed E-state index contributed by atoms with van der Waals surface area (Å²) in [6, 6.07) is 4.70. The molecule has 0 radical (unpaired) electrons. The summed E-state index contributed by atoms with van der Waals surface area (Å²) in [6.45, 7) is 0.843. The number of alkyl halides is 2. The average molecular weight is 317 g/mol. The fourth-order valence-electron chi connectivity index (χ4n) is 2.35. The van der Waals surface area contributed by atoms with Crippen LogP contribution >= 0.6 is 12.4 Å². The van der Waals surface area contributed by atoms with Crippen molar-refractivity contribution < 1.29 is 13.6 Å². The normalized spacial score (nSPS) is 18.0. The van der Waals surface area contributed by atoms with E-state index in [-0.39, 0.29) is 30.2 Å². The third kappa shape index (κ3) is 3.30. The quantitative estimate of drug-likeness (QED) is 0.815. The minimum absolute atomic E-state index is 0. The molecule has 1 amide bonds. The lowest BCUT2D eigenvalue weighted by Crippen LogP contribution is -2.35. The molecule has 0 aliphatic carbocycles. The second kappa shape index (κ2) is 6.36. The predicted molar refractivity (Wildman–Crippen MR) is 78.0 cm³/mol. The number of imidazole rings is 1. The van der Waals surface area contributed by atoms with E-state index in [4.69, 9.17) is 0 Å². The van der Waals surface area contributed by atoms with Crippen LogP contribution in [0.4, 0.5) is 14.5 Å². The van der Waals surface area contributed by atoms with Gasteiger partial charge in [0.05, 0.1) is 17.1 Å². The van der Waals surface area contributed by atoms with Crippen LogP contribution in [0.3, 0.4) is 0 Å². The Morgan fingerprint density at radius 1 is 1.43 bits per heavy atom. The highest BCUT2D eigenvalue weighted by atomic mass is 35.5. The van der Waals surface area contributed by atoms with Crippen molar-refractivity contribution in [3.63, 3.8) is 0 Å². The highest BCUT2D eigenvalue weighted by Gasteiger charge is 2.22. The standard InChI is InChI=1S/C13H14F2N4O.ClH/c14-11(15)12-18-8-4-3-7(6-10(8)19-12)17-13(20)9-2-1-5-16-9;/h3-4,6,9,11,16H,1-2,5H2,(H,17,20)(H,18,19);1H. The Labute approximate surface area is 125 Å². The van der Waals surface area contributed by atoms with Gasteiger partial charge in [-0.2, -0.15) is 0 Å². The van der Waals surface area contributed by atoms with E-state index in [1.807, 2.05) is 0 Å². The number of amides is 1. The van der Waals surface area contributed by atoms with E-state index in [1.54, 1.807) is 18.2 Å². The Morgan fingerprint density at radius 3 is 2.90 bits per heavy atom. The molecule has 8 heteroatoms. The Bertz CT molecular complexity index is 640. The molecule has 1 atom stereocenters. The number of fused-ring (bicyclic) bond motifs is 1. The first kappa shape index (κ1) is 15.7. The maximum atomic E-state index is 12.5. The van der Waals surface area contributed by atoms with Crippen LogP contribution in [0.5, 0.6) is 0 Å². The number of carbonyl (C=O) groups excluding carboxylic acids is 1. The maximum absolute atomic E-state index is 12.5. The van der Waals surface area contributed by atoms with Crippen LogP contribution in [0.25, 0.3) is 11.0 Å². The minimum Gasteiger partial charge on any atom is -0.337 e. The first-order valence-corrected chi connectivity index (χ1v) is 6.45. The van der Waals surface area contributed by atoms with Gasteiger partial charge in [0.25, 0.3) is 6.43 Å². The Hall–Kier alpha value is -1.73. The molecule has 1 aliphatic rings. The number of aromatic amines is 1. The summed E-state index contributed by atoms with van der Waals surface area (Å²) in [4.78, 5) is 18.3. The zero-order chi connectivity index (χ0) is 14.1. The van der Waals surface area contributed by atoms with Crippen LogP contribution in [0.15, 0.2) is 18.2 Å². The van der Waals surface area contributed by atoms with Gasteiger partial charge in [-0.25, -0.2) is 13.8 Å². The van der Waals surface area contributed by atoms with Crippen LogP contribution in [-0.4, -0.2) is 28.5 Å². The van der Waals surface area contributed by atoms with Crippen LogP contribution in [0, 0.1) is 0 Å². The molecule has 5 nitrogen and oxygen atoms in total. The maximum Gasteiger partial charge on any atom is 0.295 e. The molecule has 3 N–H and O–H groups in total. The van der Waals surface area contributed by atoms with E-state index in [0.717, 1.165) is 19.4 Å². The summed E-state index contributed by atoms with van der Waals surface area (Å²) in [5.41, 5.74) is 1.51. The van der Waals surface area contributed by atoms with Crippen molar-refractivity contribution in [2.75, 3.05) is 11.9 Å². The molecule has 0 spiro atoms. The highest BCUT2D eigenvalue weighted by molar-refractivity contribution is 5.96. The van der Waals surface area contributed by atoms with E-state index in [0.29, 0.717) is 16.7 Å². The van der Waals surface area contributed by atoms with Crippen LogP contribution < -0.4 is 10.6 Å². The highest BCUT2D eigenvalue weighted by Crippen LogP contribution is 2.22. The number of carbonyl (C=O) groups is 1. The summed E-state index contributed by atoms with van der Waals surface area (Å²) in [6.07, 6.45) is -0.841. The number of benzene rings is 1. The van der Waals surface area contributed by atoms with Crippen molar-refractivity contribution in [3.8, 4) is 0 Å². The van der Waals surface area contributed by atoms with E-state index in [2.05, 4.69) is 20.6 Å². The Kier molecular flexibility index (Phi) is 4.74. The summed E-state index contributed by atoms with van der Waals surface area (Å²) < 4.78 is 25.1. The van der Waals surface area contributed by atoms with Gasteiger partial charge in [0.1, 0.15) is 0 Å². The number of hydrogen-bond acceptors (Lipinski definition) is 3. The third-order valence-corrected chi connectivity index (χ3v) is 3.35. The van der Waals surface area contributed by atoms with Crippen molar-refractivity contribution in [2.45, 2.75) is 25.3 Å². The molecule has 2 heterocycles. The molecule has 1 aromatic carbocycles. The van der Waals surface area contributed by atoms with Gasteiger partial charge in [-0.3, -0.25) is 4.79 Å². The van der Waals surface area contributed by atoms with Crippen molar-refractivity contribution >= 4 is 35.0 Å². The molecular weight excluding hydrogens is 302 g/mol. The average Bonchev–Trinajstić information content (AvgIpc) is 3.07. The molecule has 114 valence electrons. The SMILES string of the molecule is Cl.O=C(Nc1ccc2nc(C(F)F)[nH]c2c1)C1CCCN1. The molecule has 1 saturated heterocycles. The molecule has 0 saturated carbocycles. The van der Waals surface area contributed by atoms with E-state index in [1.165, 1.54) is 0 Å². The van der Waals surface area contributed by atoms with Crippen molar-refractivity contribution in [1.82, 2.24) is 15.3 Å². The van der Waals surface area contributed by atoms with Gasteiger partial charge in [-0.1, -0.05) is 0 Å². The second-order valence-electron chi connectivity index (χ2n) is 4.79. The Balaban J connectivity index is 0.00000161. The van der Waals surface area contributed by atoms with E-state index in [9.17, 15) is 13.6 Å². The van der Waals surface area contributed by atoms with Crippen LogP contribution in [0.2, 0.25) is 0 Å². The lowest BCUT2D eigenvalue weighted by atomic mass is 10.2. The zero-order valence-corrected chi connectivity index (χ0v) is 11.8. The first-order valence-electron chi connectivity index (χ1n) is 6.45. The molecule has 0 bridgehead atoms. The minimum atomic E-state index is -2.64. The largest absolute Gasteiger partial charge is 0.337 e. The summed E-state index contributed by atoms with van der Waals surface area (Å²) in [5, 5.41) is 5.88. The number of nitrogens with one attached hydrogen (secondary N) is 3. The smallest absolute Gasteiger partial charge is 0.295 e. The molecule has 3 rings (SSSR count). The van der Waals surface area contributed by atoms with Gasteiger partial charge in [0.2, 0.25) is 5.91 Å². The number of hydrogen-bond donors (Lipinski definition) is 3. The van der Waals surface area contributed by atoms with Gasteiger partial charge in [-0.05, 0) is 37.6 Å². The third-order valence-electron chi connectivity index (χ3n) is 3.35. The fraction of sp³-hybridized carbons (Fsp3) is 0.385. The molecule has 1 aliphatic heterocycles. The molecule has 21 heavy (non-hydrogen) atoms.